The molecule has 1 fully saturated rings. The van der Waals surface area contributed by atoms with Gasteiger partial charge in [0, 0.05) is 12.5 Å². The van der Waals surface area contributed by atoms with E-state index < -0.39 is 0 Å². The second-order valence-electron chi connectivity index (χ2n) is 4.29. The van der Waals surface area contributed by atoms with Crippen molar-refractivity contribution in [2.24, 2.45) is 0 Å². The Morgan fingerprint density at radius 1 is 1.38 bits per heavy atom. The quantitative estimate of drug-likeness (QED) is 0.783. The van der Waals surface area contributed by atoms with Gasteiger partial charge in [-0.05, 0) is 25.0 Å². The Kier molecular flexibility index (Phi) is 2.14. The van der Waals surface area contributed by atoms with E-state index in [2.05, 4.69) is 21.7 Å². The van der Waals surface area contributed by atoms with E-state index in [4.69, 9.17) is 5.26 Å². The van der Waals surface area contributed by atoms with Crippen LogP contribution in [0.25, 0.3) is 11.0 Å². The third kappa shape index (κ3) is 1.47. The highest BCUT2D eigenvalue weighted by molar-refractivity contribution is 5.76. The fourth-order valence-electron chi connectivity index (χ4n) is 2.14. The minimum Gasteiger partial charge on any atom is -0.327 e. The summed E-state index contributed by atoms with van der Waals surface area (Å²) in [6, 6.07) is 10.4. The first-order valence-corrected chi connectivity index (χ1v) is 5.72. The molecule has 1 aliphatic rings. The van der Waals surface area contributed by atoms with Gasteiger partial charge in [-0.3, -0.25) is 0 Å². The summed E-state index contributed by atoms with van der Waals surface area (Å²) < 4.78 is 2.22. The summed E-state index contributed by atoms with van der Waals surface area (Å²) in [5.41, 5.74) is 2.22. The van der Waals surface area contributed by atoms with Crippen LogP contribution >= 0.6 is 0 Å². The van der Waals surface area contributed by atoms with Crippen LogP contribution in [0, 0.1) is 11.3 Å². The number of imidazole rings is 1. The van der Waals surface area contributed by atoms with Crippen LogP contribution in [0.2, 0.25) is 0 Å². The molecule has 3 nitrogen and oxygen atoms in total. The maximum atomic E-state index is 8.70. The highest BCUT2D eigenvalue weighted by Crippen LogP contribution is 2.40. The first-order valence-electron chi connectivity index (χ1n) is 5.72. The van der Waals surface area contributed by atoms with E-state index in [1.807, 2.05) is 18.2 Å². The maximum Gasteiger partial charge on any atom is 0.113 e. The summed E-state index contributed by atoms with van der Waals surface area (Å²) in [4.78, 5) is 4.68. The largest absolute Gasteiger partial charge is 0.327 e. The van der Waals surface area contributed by atoms with Gasteiger partial charge < -0.3 is 4.57 Å². The molecule has 0 N–H and O–H groups in total. The van der Waals surface area contributed by atoms with Crippen LogP contribution in [0.15, 0.2) is 24.3 Å². The van der Waals surface area contributed by atoms with Gasteiger partial charge in [0.05, 0.1) is 23.5 Å². The van der Waals surface area contributed by atoms with Gasteiger partial charge in [-0.25, -0.2) is 4.98 Å². The van der Waals surface area contributed by atoms with Crippen LogP contribution in [0.5, 0.6) is 0 Å². The number of hydrogen-bond donors (Lipinski definition) is 0. The lowest BCUT2D eigenvalue weighted by Gasteiger charge is -2.05. The average Bonchev–Trinajstić information content (AvgIpc) is 3.09. The van der Waals surface area contributed by atoms with Crippen molar-refractivity contribution in [3.63, 3.8) is 0 Å². The van der Waals surface area contributed by atoms with Crippen molar-refractivity contribution in [1.82, 2.24) is 9.55 Å². The molecule has 3 heteroatoms. The lowest BCUT2D eigenvalue weighted by Crippen LogP contribution is -2.02. The van der Waals surface area contributed by atoms with Crippen LogP contribution in [-0.2, 0) is 6.54 Å². The molecule has 1 saturated carbocycles. The molecule has 0 aliphatic heterocycles. The minimum absolute atomic E-state index is 0.556. The maximum absolute atomic E-state index is 8.70. The van der Waals surface area contributed by atoms with Crippen molar-refractivity contribution in [2.75, 3.05) is 0 Å². The number of fused-ring (bicyclic) bond motifs is 1. The zero-order valence-corrected chi connectivity index (χ0v) is 9.06. The van der Waals surface area contributed by atoms with Crippen molar-refractivity contribution < 1.29 is 0 Å². The Labute approximate surface area is 94.3 Å². The van der Waals surface area contributed by atoms with E-state index in [0.29, 0.717) is 12.3 Å². The second-order valence-corrected chi connectivity index (χ2v) is 4.29. The van der Waals surface area contributed by atoms with Gasteiger partial charge in [-0.1, -0.05) is 12.1 Å². The van der Waals surface area contributed by atoms with Crippen molar-refractivity contribution in [1.29, 1.82) is 5.26 Å². The number of aryl methyl sites for hydroxylation is 1. The Bertz CT molecular complexity index is 558. The molecule has 0 unspecified atom stereocenters. The highest BCUT2D eigenvalue weighted by atomic mass is 15.1. The Balaban J connectivity index is 2.12. The average molecular weight is 211 g/mol. The van der Waals surface area contributed by atoms with Gasteiger partial charge in [0.2, 0.25) is 0 Å². The van der Waals surface area contributed by atoms with Crippen molar-refractivity contribution in [3.05, 3.63) is 30.1 Å². The molecule has 0 bridgehead atoms. The van der Waals surface area contributed by atoms with E-state index in [-0.39, 0.29) is 0 Å². The molecule has 0 spiro atoms. The Hall–Kier alpha value is -1.82. The number of rotatable bonds is 3. The fraction of sp³-hybridized carbons (Fsp3) is 0.385. The molecule has 1 aromatic carbocycles. The number of para-hydroxylation sites is 2. The van der Waals surface area contributed by atoms with Gasteiger partial charge >= 0.3 is 0 Å². The number of hydrogen-bond acceptors (Lipinski definition) is 2. The molecule has 3 rings (SSSR count). The van der Waals surface area contributed by atoms with Gasteiger partial charge in [-0.15, -0.1) is 0 Å². The molecule has 1 heterocycles. The van der Waals surface area contributed by atoms with E-state index in [1.54, 1.807) is 0 Å². The molecule has 1 aliphatic carbocycles. The second kappa shape index (κ2) is 3.64. The molecule has 0 saturated heterocycles. The normalized spacial score (nSPS) is 15.2. The van der Waals surface area contributed by atoms with E-state index in [9.17, 15) is 0 Å². The summed E-state index contributed by atoms with van der Waals surface area (Å²) in [5, 5.41) is 8.70. The van der Waals surface area contributed by atoms with Crippen LogP contribution in [-0.4, -0.2) is 9.55 Å². The Morgan fingerprint density at radius 3 is 2.94 bits per heavy atom. The lowest BCUT2D eigenvalue weighted by molar-refractivity contribution is 0.685. The third-order valence-corrected chi connectivity index (χ3v) is 3.07. The van der Waals surface area contributed by atoms with Crippen LogP contribution in [0.4, 0.5) is 0 Å². The van der Waals surface area contributed by atoms with Gasteiger partial charge in [-0.2, -0.15) is 5.26 Å². The summed E-state index contributed by atoms with van der Waals surface area (Å²) in [7, 11) is 0. The number of benzene rings is 1. The summed E-state index contributed by atoms with van der Waals surface area (Å²) in [6.45, 7) is 0.767. The van der Waals surface area contributed by atoms with Crippen molar-refractivity contribution in [3.8, 4) is 6.07 Å². The molecule has 0 atom stereocenters. The van der Waals surface area contributed by atoms with Crippen molar-refractivity contribution in [2.45, 2.75) is 31.7 Å². The standard InChI is InChI=1S/C13H13N3/c14-8-3-9-16-12-5-2-1-4-11(12)15-13(16)10-6-7-10/h1-2,4-5,10H,3,6-7,9H2. The number of nitrogens with zero attached hydrogens (tertiary/aromatic N) is 3. The SMILES string of the molecule is N#CCCn1c(C2CC2)nc2ccccc21. The minimum atomic E-state index is 0.556. The van der Waals surface area contributed by atoms with E-state index in [1.165, 1.54) is 24.2 Å². The molecule has 1 aromatic heterocycles. The molecular formula is C13H13N3. The predicted molar refractivity (Wildman–Crippen MR) is 61.9 cm³/mol. The molecule has 80 valence electrons. The van der Waals surface area contributed by atoms with Crippen LogP contribution in [0.1, 0.15) is 31.0 Å². The molecule has 16 heavy (non-hydrogen) atoms. The monoisotopic (exact) mass is 211 g/mol. The van der Waals surface area contributed by atoms with Crippen LogP contribution in [0.3, 0.4) is 0 Å². The first-order chi connectivity index (χ1) is 7.90. The summed E-state index contributed by atoms with van der Waals surface area (Å²) >= 11 is 0. The molecule has 0 amide bonds. The molecule has 2 aromatic rings. The van der Waals surface area contributed by atoms with Gasteiger partial charge in [0.25, 0.3) is 0 Å². The van der Waals surface area contributed by atoms with E-state index in [0.717, 1.165) is 12.1 Å². The fourth-order valence-corrected chi connectivity index (χ4v) is 2.14. The summed E-state index contributed by atoms with van der Waals surface area (Å²) in [6.07, 6.45) is 3.05. The predicted octanol–water partition coefficient (Wildman–Crippen LogP) is 2.83. The van der Waals surface area contributed by atoms with Crippen molar-refractivity contribution >= 4 is 11.0 Å². The number of nitriles is 1. The van der Waals surface area contributed by atoms with Crippen LogP contribution < -0.4 is 0 Å². The van der Waals surface area contributed by atoms with E-state index >= 15 is 0 Å². The molecule has 0 radical (unpaired) electrons. The lowest BCUT2D eigenvalue weighted by atomic mass is 10.3. The smallest absolute Gasteiger partial charge is 0.113 e. The Morgan fingerprint density at radius 2 is 2.19 bits per heavy atom. The zero-order chi connectivity index (χ0) is 11.0. The number of aromatic nitrogens is 2. The van der Waals surface area contributed by atoms with Gasteiger partial charge in [0.15, 0.2) is 0 Å². The summed E-state index contributed by atoms with van der Waals surface area (Å²) in [5.74, 6) is 1.81. The zero-order valence-electron chi connectivity index (χ0n) is 9.06. The van der Waals surface area contributed by atoms with Gasteiger partial charge in [0.1, 0.15) is 5.82 Å². The molecular weight excluding hydrogens is 198 g/mol. The first kappa shape index (κ1) is 9.41. The third-order valence-electron chi connectivity index (χ3n) is 3.07. The highest BCUT2D eigenvalue weighted by Gasteiger charge is 2.29. The topological polar surface area (TPSA) is 41.6 Å².